The summed E-state index contributed by atoms with van der Waals surface area (Å²) in [5.41, 5.74) is -0.812. The van der Waals surface area contributed by atoms with E-state index in [2.05, 4.69) is 15.6 Å². The third-order valence-corrected chi connectivity index (χ3v) is 4.39. The lowest BCUT2D eigenvalue weighted by Gasteiger charge is -2.32. The Morgan fingerprint density at radius 3 is 2.48 bits per heavy atom. The van der Waals surface area contributed by atoms with Crippen molar-refractivity contribution in [1.82, 2.24) is 15.5 Å². The fourth-order valence-electron chi connectivity index (χ4n) is 3.00. The van der Waals surface area contributed by atoms with E-state index in [9.17, 15) is 22.0 Å². The molecule has 5 nitrogen and oxygen atoms in total. The van der Waals surface area contributed by atoms with Crippen molar-refractivity contribution in [2.45, 2.75) is 31.5 Å². The van der Waals surface area contributed by atoms with Gasteiger partial charge in [0.05, 0.1) is 18.7 Å². The summed E-state index contributed by atoms with van der Waals surface area (Å²) in [6.45, 7) is 1.24. The van der Waals surface area contributed by atoms with Crippen LogP contribution in [0.2, 0.25) is 0 Å². The second-order valence-electron chi connectivity index (χ2n) is 6.45. The monoisotopic (exact) mass is 536 g/mol. The van der Waals surface area contributed by atoms with E-state index < -0.39 is 18.2 Å². The standard InChI is InChI=1S/C18H25F5N4O.HI/c1-24-17(26-13-6-9-27(10-7-13)12-16(19)20)25-8-11-28-15-5-3-2-4-14(15)18(21,22)23;/h2-5,13,16H,6-12H2,1H3,(H2,24,25,26);1H. The van der Waals surface area contributed by atoms with E-state index in [0.717, 1.165) is 6.07 Å². The van der Waals surface area contributed by atoms with Crippen molar-refractivity contribution in [3.8, 4) is 5.75 Å². The smallest absolute Gasteiger partial charge is 0.419 e. The van der Waals surface area contributed by atoms with Gasteiger partial charge in [-0.3, -0.25) is 9.89 Å². The zero-order valence-electron chi connectivity index (χ0n) is 16.0. The van der Waals surface area contributed by atoms with Gasteiger partial charge in [0.25, 0.3) is 6.43 Å². The molecular formula is C18H26F5IN4O. The molecule has 0 aromatic heterocycles. The molecule has 1 aliphatic rings. The molecule has 0 spiro atoms. The van der Waals surface area contributed by atoms with Gasteiger partial charge in [-0.05, 0) is 25.0 Å². The molecule has 1 fully saturated rings. The molecule has 2 N–H and O–H groups in total. The van der Waals surface area contributed by atoms with Gasteiger partial charge >= 0.3 is 6.18 Å². The van der Waals surface area contributed by atoms with Crippen LogP contribution < -0.4 is 15.4 Å². The molecule has 0 bridgehead atoms. The van der Waals surface area contributed by atoms with Gasteiger partial charge in [0, 0.05) is 26.2 Å². The van der Waals surface area contributed by atoms with Gasteiger partial charge in [0.1, 0.15) is 12.4 Å². The average molecular weight is 536 g/mol. The van der Waals surface area contributed by atoms with Crippen molar-refractivity contribution in [3.05, 3.63) is 29.8 Å². The van der Waals surface area contributed by atoms with Gasteiger partial charge in [-0.25, -0.2) is 8.78 Å². The lowest BCUT2D eigenvalue weighted by atomic mass is 10.1. The Morgan fingerprint density at radius 1 is 1.24 bits per heavy atom. The first-order chi connectivity index (χ1) is 13.3. The summed E-state index contributed by atoms with van der Waals surface area (Å²) in [6, 6.07) is 5.16. The number of aliphatic imine (C=N–C) groups is 1. The Hall–Kier alpha value is -1.37. The molecule has 0 unspecified atom stereocenters. The maximum absolute atomic E-state index is 12.9. The number of nitrogens with zero attached hydrogens (tertiary/aromatic N) is 2. The highest BCUT2D eigenvalue weighted by atomic mass is 127. The van der Waals surface area contributed by atoms with Crippen LogP contribution in [0.25, 0.3) is 0 Å². The second-order valence-corrected chi connectivity index (χ2v) is 6.45. The van der Waals surface area contributed by atoms with Crippen molar-refractivity contribution >= 4 is 29.9 Å². The maximum atomic E-state index is 12.9. The van der Waals surface area contributed by atoms with Crippen LogP contribution in [-0.4, -0.2) is 63.2 Å². The Morgan fingerprint density at radius 2 is 1.90 bits per heavy atom. The number of piperidine rings is 1. The summed E-state index contributed by atoms with van der Waals surface area (Å²) in [4.78, 5) is 5.80. The number of likely N-dealkylation sites (tertiary alicyclic amines) is 1. The van der Waals surface area contributed by atoms with Crippen LogP contribution >= 0.6 is 24.0 Å². The van der Waals surface area contributed by atoms with Crippen molar-refractivity contribution in [2.75, 3.05) is 39.8 Å². The molecule has 0 radical (unpaired) electrons. The average Bonchev–Trinajstić information content (AvgIpc) is 2.64. The molecular weight excluding hydrogens is 510 g/mol. The zero-order chi connectivity index (χ0) is 20.6. The summed E-state index contributed by atoms with van der Waals surface area (Å²) in [5, 5.41) is 6.19. The molecule has 0 amide bonds. The highest BCUT2D eigenvalue weighted by molar-refractivity contribution is 14.0. The summed E-state index contributed by atoms with van der Waals surface area (Å²) in [6.07, 6.45) is -5.38. The van der Waals surface area contributed by atoms with E-state index in [0.29, 0.717) is 31.9 Å². The van der Waals surface area contributed by atoms with E-state index in [1.165, 1.54) is 18.2 Å². The van der Waals surface area contributed by atoms with Crippen LogP contribution in [0.1, 0.15) is 18.4 Å². The molecule has 1 saturated heterocycles. The number of halogens is 6. The molecule has 1 aromatic carbocycles. The second kappa shape index (κ2) is 12.4. The SMILES string of the molecule is CN=C(NCCOc1ccccc1C(F)(F)F)NC1CCN(CC(F)F)CC1.I. The molecule has 1 aliphatic heterocycles. The minimum Gasteiger partial charge on any atom is -0.491 e. The number of ether oxygens (including phenoxy) is 1. The van der Waals surface area contributed by atoms with Gasteiger partial charge in [-0.1, -0.05) is 12.1 Å². The molecule has 0 aliphatic carbocycles. The van der Waals surface area contributed by atoms with Crippen molar-refractivity contribution in [1.29, 1.82) is 0 Å². The highest BCUT2D eigenvalue weighted by Gasteiger charge is 2.34. The maximum Gasteiger partial charge on any atom is 0.419 e. The first-order valence-electron chi connectivity index (χ1n) is 9.06. The predicted octanol–water partition coefficient (Wildman–Crippen LogP) is 3.60. The topological polar surface area (TPSA) is 48.9 Å². The molecule has 11 heteroatoms. The lowest BCUT2D eigenvalue weighted by molar-refractivity contribution is -0.138. The van der Waals surface area contributed by atoms with Crippen molar-refractivity contribution in [3.63, 3.8) is 0 Å². The number of alkyl halides is 5. The summed E-state index contributed by atoms with van der Waals surface area (Å²) < 4.78 is 68.9. The van der Waals surface area contributed by atoms with Crippen LogP contribution in [0.4, 0.5) is 22.0 Å². The van der Waals surface area contributed by atoms with Crippen LogP contribution in [0, 0.1) is 0 Å². The summed E-state index contributed by atoms with van der Waals surface area (Å²) in [5.74, 6) is 0.283. The highest BCUT2D eigenvalue weighted by Crippen LogP contribution is 2.35. The molecule has 166 valence electrons. The number of para-hydroxylation sites is 1. The Kier molecular flexibility index (Phi) is 10.9. The number of hydrogen-bond acceptors (Lipinski definition) is 3. The molecule has 2 rings (SSSR count). The Bertz CT molecular complexity index is 637. The molecule has 1 aromatic rings. The van der Waals surface area contributed by atoms with Crippen LogP contribution in [-0.2, 0) is 6.18 Å². The number of guanidine groups is 1. The lowest BCUT2D eigenvalue weighted by Crippen LogP contribution is -2.49. The fraction of sp³-hybridized carbons (Fsp3) is 0.611. The van der Waals surface area contributed by atoms with Crippen LogP contribution in [0.15, 0.2) is 29.3 Å². The zero-order valence-corrected chi connectivity index (χ0v) is 18.3. The summed E-state index contributed by atoms with van der Waals surface area (Å²) in [7, 11) is 1.58. The van der Waals surface area contributed by atoms with Gasteiger partial charge in [0.15, 0.2) is 5.96 Å². The molecule has 1 heterocycles. The van der Waals surface area contributed by atoms with E-state index >= 15 is 0 Å². The van der Waals surface area contributed by atoms with Gasteiger partial charge in [-0.15, -0.1) is 24.0 Å². The summed E-state index contributed by atoms with van der Waals surface area (Å²) >= 11 is 0. The predicted molar refractivity (Wildman–Crippen MR) is 112 cm³/mol. The minimum atomic E-state index is -4.47. The number of benzene rings is 1. The van der Waals surface area contributed by atoms with Crippen LogP contribution in [0.3, 0.4) is 0 Å². The third kappa shape index (κ3) is 8.89. The normalized spacial score (nSPS) is 16.4. The third-order valence-electron chi connectivity index (χ3n) is 4.39. The number of hydrogen-bond donors (Lipinski definition) is 2. The van der Waals surface area contributed by atoms with Gasteiger partial charge < -0.3 is 15.4 Å². The number of rotatable bonds is 7. The first kappa shape index (κ1) is 25.7. The van der Waals surface area contributed by atoms with E-state index in [4.69, 9.17) is 4.74 Å². The number of nitrogens with one attached hydrogen (secondary N) is 2. The largest absolute Gasteiger partial charge is 0.491 e. The van der Waals surface area contributed by atoms with Crippen LogP contribution in [0.5, 0.6) is 5.75 Å². The molecule has 0 saturated carbocycles. The Balaban J connectivity index is 0.00000420. The van der Waals surface area contributed by atoms with Gasteiger partial charge in [0.2, 0.25) is 0 Å². The minimum absolute atomic E-state index is 0. The fourth-order valence-corrected chi connectivity index (χ4v) is 3.00. The van der Waals surface area contributed by atoms with E-state index in [1.54, 1.807) is 11.9 Å². The van der Waals surface area contributed by atoms with Gasteiger partial charge in [-0.2, -0.15) is 13.2 Å². The van der Waals surface area contributed by atoms with Crippen molar-refractivity contribution in [2.24, 2.45) is 4.99 Å². The Labute approximate surface area is 184 Å². The first-order valence-corrected chi connectivity index (χ1v) is 9.06. The molecule has 29 heavy (non-hydrogen) atoms. The van der Waals surface area contributed by atoms with E-state index in [1.807, 2.05) is 0 Å². The van der Waals surface area contributed by atoms with E-state index in [-0.39, 0.29) is 55.5 Å². The quantitative estimate of drug-likeness (QED) is 0.184. The molecule has 0 atom stereocenters. The van der Waals surface area contributed by atoms with Crippen molar-refractivity contribution < 1.29 is 26.7 Å².